The fraction of sp³-hybridized carbons (Fsp3) is 0.167. The molecule has 0 aliphatic rings. The number of anilines is 1. The van der Waals surface area contributed by atoms with E-state index < -0.39 is 0 Å². The zero-order valence-corrected chi connectivity index (χ0v) is 9.72. The van der Waals surface area contributed by atoms with Crippen LogP contribution in [-0.2, 0) is 0 Å². The lowest BCUT2D eigenvalue weighted by atomic mass is 10.3. The van der Waals surface area contributed by atoms with Crippen molar-refractivity contribution in [3.05, 3.63) is 42.5 Å². The topological polar surface area (TPSA) is 93.0 Å². The molecule has 6 nitrogen and oxygen atoms in total. The molecule has 1 aromatic heterocycles. The molecule has 0 unspecified atom stereocenters. The fourth-order valence-electron chi connectivity index (χ4n) is 1.37. The maximum Gasteiger partial charge on any atom is 0.269 e. The first-order valence-corrected chi connectivity index (χ1v) is 5.50. The average molecular weight is 246 g/mol. The Morgan fingerprint density at radius 2 is 2.17 bits per heavy atom. The summed E-state index contributed by atoms with van der Waals surface area (Å²) in [6.07, 6.45) is 2.93. The van der Waals surface area contributed by atoms with Gasteiger partial charge < -0.3 is 20.8 Å². The molecule has 1 amide bonds. The van der Waals surface area contributed by atoms with Gasteiger partial charge >= 0.3 is 0 Å². The largest absolute Gasteiger partial charge is 0.492 e. The number of nitrogens with zero attached hydrogens (tertiary/aromatic N) is 1. The van der Waals surface area contributed by atoms with Crippen LogP contribution < -0.4 is 15.8 Å². The summed E-state index contributed by atoms with van der Waals surface area (Å²) >= 11 is 0. The van der Waals surface area contributed by atoms with Gasteiger partial charge in [0.05, 0.1) is 19.1 Å². The number of H-pyrrole nitrogens is 1. The van der Waals surface area contributed by atoms with Gasteiger partial charge in [-0.15, -0.1) is 0 Å². The summed E-state index contributed by atoms with van der Waals surface area (Å²) in [6.45, 7) is 0.812. The number of nitrogens with two attached hydrogens (primary N) is 1. The molecule has 2 rings (SSSR count). The number of hydrogen-bond donors (Lipinski definition) is 3. The second-order valence-corrected chi connectivity index (χ2v) is 3.64. The van der Waals surface area contributed by atoms with E-state index in [1.54, 1.807) is 24.3 Å². The van der Waals surface area contributed by atoms with Crippen molar-refractivity contribution in [1.29, 1.82) is 0 Å². The minimum absolute atomic E-state index is 0.201. The highest BCUT2D eigenvalue weighted by Gasteiger charge is 2.04. The molecule has 1 aromatic carbocycles. The molecule has 1 heterocycles. The Balaban J connectivity index is 1.70. The molecule has 2 aromatic rings. The lowest BCUT2D eigenvalue weighted by Crippen LogP contribution is -2.28. The standard InChI is InChI=1S/C12H14N4O2/c13-9-1-3-10(4-2-9)18-6-5-15-12(17)11-7-14-8-16-11/h1-4,7-8H,5-6,13H2,(H,14,16)(H,15,17). The monoisotopic (exact) mass is 246 g/mol. The number of aromatic nitrogens is 2. The molecule has 0 atom stereocenters. The number of benzene rings is 1. The first kappa shape index (κ1) is 12.0. The van der Waals surface area contributed by atoms with Gasteiger partial charge in [-0.05, 0) is 24.3 Å². The van der Waals surface area contributed by atoms with Crippen molar-refractivity contribution >= 4 is 11.6 Å². The van der Waals surface area contributed by atoms with Crippen LogP contribution in [0.4, 0.5) is 5.69 Å². The molecule has 0 radical (unpaired) electrons. The van der Waals surface area contributed by atoms with Gasteiger partial charge in [0.15, 0.2) is 0 Å². The summed E-state index contributed by atoms with van der Waals surface area (Å²) in [6, 6.07) is 7.09. The molecule has 94 valence electrons. The van der Waals surface area contributed by atoms with Crippen LogP contribution >= 0.6 is 0 Å². The maximum atomic E-state index is 11.5. The SMILES string of the molecule is Nc1ccc(OCCNC(=O)c2cnc[nH]2)cc1. The number of hydrogen-bond acceptors (Lipinski definition) is 4. The number of carbonyl (C=O) groups is 1. The van der Waals surface area contributed by atoms with Gasteiger partial charge in [-0.2, -0.15) is 0 Å². The summed E-state index contributed by atoms with van der Waals surface area (Å²) in [5.41, 5.74) is 6.68. The molecule has 0 aliphatic heterocycles. The Hall–Kier alpha value is -2.50. The van der Waals surface area contributed by atoms with Crippen LogP contribution in [-0.4, -0.2) is 29.0 Å². The predicted octanol–water partition coefficient (Wildman–Crippen LogP) is 0.801. The Labute approximate surface area is 104 Å². The van der Waals surface area contributed by atoms with Crippen molar-refractivity contribution in [2.45, 2.75) is 0 Å². The number of imidazole rings is 1. The Bertz CT molecular complexity index is 493. The normalized spacial score (nSPS) is 10.0. The van der Waals surface area contributed by atoms with Crippen LogP contribution in [0.25, 0.3) is 0 Å². The van der Waals surface area contributed by atoms with Crippen LogP contribution in [0.3, 0.4) is 0 Å². The molecule has 0 spiro atoms. The van der Waals surface area contributed by atoms with E-state index in [-0.39, 0.29) is 5.91 Å². The van der Waals surface area contributed by atoms with Crippen LogP contribution in [0.2, 0.25) is 0 Å². The van der Waals surface area contributed by atoms with E-state index in [0.29, 0.717) is 24.5 Å². The van der Waals surface area contributed by atoms with E-state index in [1.807, 2.05) is 0 Å². The number of nitrogen functional groups attached to an aromatic ring is 1. The van der Waals surface area contributed by atoms with Gasteiger partial charge in [-0.1, -0.05) is 0 Å². The average Bonchev–Trinajstić information content (AvgIpc) is 2.90. The zero-order chi connectivity index (χ0) is 12.8. The third-order valence-electron chi connectivity index (χ3n) is 2.28. The van der Waals surface area contributed by atoms with E-state index in [0.717, 1.165) is 5.75 Å². The van der Waals surface area contributed by atoms with Crippen molar-refractivity contribution in [1.82, 2.24) is 15.3 Å². The van der Waals surface area contributed by atoms with Crippen molar-refractivity contribution in [3.8, 4) is 5.75 Å². The van der Waals surface area contributed by atoms with E-state index >= 15 is 0 Å². The third kappa shape index (κ3) is 3.24. The van der Waals surface area contributed by atoms with Gasteiger partial charge in [0.1, 0.15) is 18.1 Å². The molecule has 0 bridgehead atoms. The van der Waals surface area contributed by atoms with Crippen molar-refractivity contribution < 1.29 is 9.53 Å². The number of amides is 1. The Kier molecular flexibility index (Phi) is 3.80. The number of carbonyl (C=O) groups excluding carboxylic acids is 1. The summed E-state index contributed by atoms with van der Waals surface area (Å²) < 4.78 is 5.43. The van der Waals surface area contributed by atoms with Crippen LogP contribution in [0, 0.1) is 0 Å². The third-order valence-corrected chi connectivity index (χ3v) is 2.28. The predicted molar refractivity (Wildman–Crippen MR) is 67.3 cm³/mol. The smallest absolute Gasteiger partial charge is 0.269 e. The minimum atomic E-state index is -0.201. The number of nitrogens with one attached hydrogen (secondary N) is 2. The molecule has 4 N–H and O–H groups in total. The zero-order valence-electron chi connectivity index (χ0n) is 9.72. The molecule has 0 fully saturated rings. The quantitative estimate of drug-likeness (QED) is 0.537. The number of rotatable bonds is 5. The first-order chi connectivity index (χ1) is 8.75. The van der Waals surface area contributed by atoms with Gasteiger partial charge in [0, 0.05) is 5.69 Å². The van der Waals surface area contributed by atoms with Gasteiger partial charge in [-0.3, -0.25) is 4.79 Å². The van der Waals surface area contributed by atoms with Crippen LogP contribution in [0.5, 0.6) is 5.75 Å². The first-order valence-electron chi connectivity index (χ1n) is 5.50. The van der Waals surface area contributed by atoms with Gasteiger partial charge in [-0.25, -0.2) is 4.98 Å². The lowest BCUT2D eigenvalue weighted by molar-refractivity contribution is 0.0942. The maximum absolute atomic E-state index is 11.5. The van der Waals surface area contributed by atoms with E-state index in [2.05, 4.69) is 15.3 Å². The Morgan fingerprint density at radius 3 is 2.83 bits per heavy atom. The minimum Gasteiger partial charge on any atom is -0.492 e. The molecule has 18 heavy (non-hydrogen) atoms. The highest BCUT2D eigenvalue weighted by molar-refractivity contribution is 5.91. The van der Waals surface area contributed by atoms with E-state index in [9.17, 15) is 4.79 Å². The highest BCUT2D eigenvalue weighted by Crippen LogP contribution is 2.12. The molecule has 6 heteroatoms. The summed E-state index contributed by atoms with van der Waals surface area (Å²) in [4.78, 5) is 18.0. The highest BCUT2D eigenvalue weighted by atomic mass is 16.5. The second-order valence-electron chi connectivity index (χ2n) is 3.64. The Morgan fingerprint density at radius 1 is 1.39 bits per heavy atom. The molecule has 0 aliphatic carbocycles. The van der Waals surface area contributed by atoms with Gasteiger partial charge in [0.25, 0.3) is 5.91 Å². The van der Waals surface area contributed by atoms with Crippen molar-refractivity contribution in [2.75, 3.05) is 18.9 Å². The summed E-state index contributed by atoms with van der Waals surface area (Å²) in [7, 11) is 0. The number of aromatic amines is 1. The molecule has 0 saturated carbocycles. The lowest BCUT2D eigenvalue weighted by Gasteiger charge is -2.07. The van der Waals surface area contributed by atoms with Crippen LogP contribution in [0.15, 0.2) is 36.8 Å². The second kappa shape index (κ2) is 5.72. The van der Waals surface area contributed by atoms with E-state index in [1.165, 1.54) is 12.5 Å². The fourth-order valence-corrected chi connectivity index (χ4v) is 1.37. The number of ether oxygens (including phenoxy) is 1. The molecule has 0 saturated heterocycles. The molecular formula is C12H14N4O2. The summed E-state index contributed by atoms with van der Waals surface area (Å²) in [5, 5.41) is 2.71. The van der Waals surface area contributed by atoms with Crippen molar-refractivity contribution in [3.63, 3.8) is 0 Å². The molecular weight excluding hydrogens is 232 g/mol. The summed E-state index contributed by atoms with van der Waals surface area (Å²) in [5.74, 6) is 0.522. The van der Waals surface area contributed by atoms with E-state index in [4.69, 9.17) is 10.5 Å². The van der Waals surface area contributed by atoms with Crippen molar-refractivity contribution in [2.24, 2.45) is 0 Å². The van der Waals surface area contributed by atoms with Gasteiger partial charge in [0.2, 0.25) is 0 Å². The van der Waals surface area contributed by atoms with Crippen LogP contribution in [0.1, 0.15) is 10.5 Å².